The van der Waals surface area contributed by atoms with Gasteiger partial charge in [-0.1, -0.05) is 18.2 Å². The van der Waals surface area contributed by atoms with E-state index in [0.29, 0.717) is 0 Å². The number of benzene rings is 1. The predicted molar refractivity (Wildman–Crippen MR) is 64.7 cm³/mol. The number of para-hydroxylation sites is 1. The minimum Gasteiger partial charge on any atom is -0.398 e. The highest BCUT2D eigenvalue weighted by Crippen LogP contribution is 2.29. The molecule has 2 heteroatoms. The van der Waals surface area contributed by atoms with Crippen LogP contribution < -0.4 is 5.73 Å². The van der Waals surface area contributed by atoms with Gasteiger partial charge in [0.15, 0.2) is 0 Å². The van der Waals surface area contributed by atoms with E-state index in [2.05, 4.69) is 36.9 Å². The van der Waals surface area contributed by atoms with Crippen LogP contribution in [0.25, 0.3) is 0 Å². The minimum absolute atomic E-state index is 0.851. The van der Waals surface area contributed by atoms with E-state index in [0.717, 1.165) is 11.6 Å². The zero-order valence-electron chi connectivity index (χ0n) is 8.62. The van der Waals surface area contributed by atoms with Crippen LogP contribution in [0.2, 0.25) is 0 Å². The number of nitrogen functional groups attached to an aromatic ring is 1. The van der Waals surface area contributed by atoms with Crippen molar-refractivity contribution in [2.45, 2.75) is 19.8 Å². The van der Waals surface area contributed by atoms with Crippen LogP contribution in [0.15, 0.2) is 18.2 Å². The van der Waals surface area contributed by atoms with Crippen molar-refractivity contribution in [1.82, 2.24) is 0 Å². The highest BCUT2D eigenvalue weighted by molar-refractivity contribution is 7.99. The summed E-state index contributed by atoms with van der Waals surface area (Å²) in [5, 5.41) is 0. The van der Waals surface area contributed by atoms with Crippen LogP contribution in [0.5, 0.6) is 0 Å². The third-order valence-electron chi connectivity index (χ3n) is 2.95. The van der Waals surface area contributed by atoms with Crippen molar-refractivity contribution >= 4 is 17.4 Å². The van der Waals surface area contributed by atoms with E-state index in [1.54, 1.807) is 0 Å². The first-order valence-corrected chi connectivity index (χ1v) is 6.34. The second-order valence-corrected chi connectivity index (χ2v) is 5.23. The molecule has 1 aliphatic rings. The Morgan fingerprint density at radius 2 is 2.36 bits per heavy atom. The van der Waals surface area contributed by atoms with Crippen LogP contribution in [0.1, 0.15) is 17.5 Å². The molecule has 1 aromatic rings. The van der Waals surface area contributed by atoms with E-state index in [4.69, 9.17) is 5.73 Å². The Morgan fingerprint density at radius 3 is 3.07 bits per heavy atom. The van der Waals surface area contributed by atoms with E-state index in [9.17, 15) is 0 Å². The molecule has 2 rings (SSSR count). The van der Waals surface area contributed by atoms with Gasteiger partial charge >= 0.3 is 0 Å². The Balaban J connectivity index is 2.11. The Morgan fingerprint density at radius 1 is 1.50 bits per heavy atom. The van der Waals surface area contributed by atoms with Gasteiger partial charge in [0.25, 0.3) is 0 Å². The summed E-state index contributed by atoms with van der Waals surface area (Å²) in [5.41, 5.74) is 9.62. The summed E-state index contributed by atoms with van der Waals surface area (Å²) >= 11 is 2.07. The summed E-state index contributed by atoms with van der Waals surface area (Å²) in [7, 11) is 0. The maximum Gasteiger partial charge on any atom is 0.0376 e. The van der Waals surface area contributed by atoms with Crippen molar-refractivity contribution < 1.29 is 0 Å². The fourth-order valence-electron chi connectivity index (χ4n) is 1.97. The van der Waals surface area contributed by atoms with Crippen molar-refractivity contribution in [3.05, 3.63) is 29.3 Å². The fraction of sp³-hybridized carbons (Fsp3) is 0.500. The third kappa shape index (κ3) is 2.06. The molecular weight excluding hydrogens is 190 g/mol. The largest absolute Gasteiger partial charge is 0.398 e. The molecule has 1 nitrogen and oxygen atoms in total. The maximum absolute atomic E-state index is 6.05. The molecule has 0 aliphatic carbocycles. The van der Waals surface area contributed by atoms with Gasteiger partial charge in [-0.3, -0.25) is 0 Å². The SMILES string of the molecule is Cc1cccc(CC2CCSC2)c1N. The molecule has 1 unspecified atom stereocenters. The van der Waals surface area contributed by atoms with E-state index >= 15 is 0 Å². The molecule has 1 fully saturated rings. The lowest BCUT2D eigenvalue weighted by molar-refractivity contribution is 0.596. The van der Waals surface area contributed by atoms with Gasteiger partial charge in [0, 0.05) is 5.69 Å². The van der Waals surface area contributed by atoms with E-state index in [-0.39, 0.29) is 0 Å². The van der Waals surface area contributed by atoms with Gasteiger partial charge in [0.1, 0.15) is 0 Å². The van der Waals surface area contributed by atoms with Crippen LogP contribution in [-0.4, -0.2) is 11.5 Å². The molecule has 1 saturated heterocycles. The van der Waals surface area contributed by atoms with Crippen molar-refractivity contribution in [3.8, 4) is 0 Å². The lowest BCUT2D eigenvalue weighted by Gasteiger charge is -2.12. The second-order valence-electron chi connectivity index (χ2n) is 4.08. The molecule has 1 aliphatic heterocycles. The summed E-state index contributed by atoms with van der Waals surface area (Å²) in [6, 6.07) is 6.37. The molecule has 0 spiro atoms. The molecule has 1 heterocycles. The van der Waals surface area contributed by atoms with Gasteiger partial charge in [-0.2, -0.15) is 11.8 Å². The summed E-state index contributed by atoms with van der Waals surface area (Å²) in [6.07, 6.45) is 2.53. The number of hydrogen-bond acceptors (Lipinski definition) is 2. The third-order valence-corrected chi connectivity index (χ3v) is 4.18. The highest BCUT2D eigenvalue weighted by Gasteiger charge is 2.16. The van der Waals surface area contributed by atoms with Crippen LogP contribution in [-0.2, 0) is 6.42 Å². The maximum atomic E-state index is 6.05. The second kappa shape index (κ2) is 4.26. The Hall–Kier alpha value is -0.630. The molecule has 0 bridgehead atoms. The molecule has 76 valence electrons. The zero-order valence-corrected chi connectivity index (χ0v) is 9.44. The summed E-state index contributed by atoms with van der Waals surface area (Å²) < 4.78 is 0. The monoisotopic (exact) mass is 207 g/mol. The topological polar surface area (TPSA) is 26.0 Å². The van der Waals surface area contributed by atoms with E-state index in [1.165, 1.54) is 35.5 Å². The van der Waals surface area contributed by atoms with Crippen LogP contribution in [0, 0.1) is 12.8 Å². The smallest absolute Gasteiger partial charge is 0.0376 e. The average Bonchev–Trinajstić information content (AvgIpc) is 2.66. The minimum atomic E-state index is 0.851. The molecular formula is C12H17NS. The number of nitrogens with two attached hydrogens (primary N) is 1. The van der Waals surface area contributed by atoms with Gasteiger partial charge in [0.05, 0.1) is 0 Å². The predicted octanol–water partition coefficient (Wildman–Crippen LogP) is 2.87. The summed E-state index contributed by atoms with van der Waals surface area (Å²) in [6.45, 7) is 2.09. The first-order valence-electron chi connectivity index (χ1n) is 5.19. The summed E-state index contributed by atoms with van der Waals surface area (Å²) in [4.78, 5) is 0. The summed E-state index contributed by atoms with van der Waals surface area (Å²) in [5.74, 6) is 3.49. The van der Waals surface area contributed by atoms with Crippen LogP contribution >= 0.6 is 11.8 Å². The van der Waals surface area contributed by atoms with Crippen LogP contribution in [0.3, 0.4) is 0 Å². The number of hydrogen-bond donors (Lipinski definition) is 1. The fourth-order valence-corrected chi connectivity index (χ4v) is 3.26. The van der Waals surface area contributed by atoms with Crippen LogP contribution in [0.4, 0.5) is 5.69 Å². The van der Waals surface area contributed by atoms with Gasteiger partial charge < -0.3 is 5.73 Å². The van der Waals surface area contributed by atoms with Gasteiger partial charge in [-0.05, 0) is 48.3 Å². The average molecular weight is 207 g/mol. The Kier molecular flexibility index (Phi) is 3.02. The van der Waals surface area contributed by atoms with Crippen molar-refractivity contribution in [1.29, 1.82) is 0 Å². The number of aryl methyl sites for hydroxylation is 1. The number of thioether (sulfide) groups is 1. The normalized spacial score (nSPS) is 21.4. The highest BCUT2D eigenvalue weighted by atomic mass is 32.2. The molecule has 1 aromatic carbocycles. The molecule has 14 heavy (non-hydrogen) atoms. The van der Waals surface area contributed by atoms with E-state index in [1.807, 2.05) is 0 Å². The molecule has 0 radical (unpaired) electrons. The number of rotatable bonds is 2. The van der Waals surface area contributed by atoms with Crippen molar-refractivity contribution in [2.75, 3.05) is 17.2 Å². The molecule has 0 amide bonds. The van der Waals surface area contributed by atoms with Gasteiger partial charge in [0.2, 0.25) is 0 Å². The van der Waals surface area contributed by atoms with Gasteiger partial charge in [-0.25, -0.2) is 0 Å². The molecule has 0 aromatic heterocycles. The molecule has 0 saturated carbocycles. The van der Waals surface area contributed by atoms with E-state index < -0.39 is 0 Å². The first-order chi connectivity index (χ1) is 6.77. The lowest BCUT2D eigenvalue weighted by atomic mass is 9.96. The van der Waals surface area contributed by atoms with Crippen molar-refractivity contribution in [2.24, 2.45) is 5.92 Å². The Labute approximate surface area is 90.1 Å². The Bertz CT molecular complexity index is 316. The number of anilines is 1. The van der Waals surface area contributed by atoms with Crippen molar-refractivity contribution in [3.63, 3.8) is 0 Å². The molecule has 2 N–H and O–H groups in total. The lowest BCUT2D eigenvalue weighted by Crippen LogP contribution is -2.05. The quantitative estimate of drug-likeness (QED) is 0.755. The standard InChI is InChI=1S/C12H17NS/c1-9-3-2-4-11(12(9)13)7-10-5-6-14-8-10/h2-4,10H,5-8,13H2,1H3. The zero-order chi connectivity index (χ0) is 9.97. The first kappa shape index (κ1) is 9.91. The molecule has 1 atom stereocenters. The van der Waals surface area contributed by atoms with Gasteiger partial charge in [-0.15, -0.1) is 0 Å².